The molecule has 1 saturated carbocycles. The number of pyridine rings is 1. The van der Waals surface area contributed by atoms with Crippen LogP contribution in [0.3, 0.4) is 0 Å². The van der Waals surface area contributed by atoms with Gasteiger partial charge in [-0.1, -0.05) is 6.07 Å². The fraction of sp³-hybridized carbons (Fsp3) is 0.250. The Morgan fingerprint density at radius 2 is 1.89 bits per heavy atom. The van der Waals surface area contributed by atoms with E-state index in [4.69, 9.17) is 10.7 Å². The van der Waals surface area contributed by atoms with Gasteiger partial charge in [-0.3, -0.25) is 4.79 Å². The topological polar surface area (TPSA) is 56.1 Å². The predicted octanol–water partition coefficient (Wildman–Crippen LogP) is 2.26. The van der Waals surface area contributed by atoms with Crippen molar-refractivity contribution in [2.24, 2.45) is 0 Å². The maximum atomic E-state index is 12.2. The van der Waals surface area contributed by atoms with E-state index in [0.29, 0.717) is 10.8 Å². The highest BCUT2D eigenvalue weighted by atomic mass is 35.7. The lowest BCUT2D eigenvalue weighted by Crippen LogP contribution is -2.18. The third-order valence-electron chi connectivity index (χ3n) is 3.14. The molecular formula is C12H10ClNO3S. The Hall–Kier alpha value is -1.33. The number of aromatic nitrogens is 1. The highest BCUT2D eigenvalue weighted by Crippen LogP contribution is 2.34. The molecule has 1 aromatic heterocycles. The van der Waals surface area contributed by atoms with Gasteiger partial charge in [-0.15, -0.1) is 0 Å². The number of benzene rings is 1. The molecule has 1 fully saturated rings. The van der Waals surface area contributed by atoms with Crippen molar-refractivity contribution in [1.82, 2.24) is 4.57 Å². The standard InChI is InChI=1S/C12H10ClNO3S/c13-18(16,17)11-3-1-2-10-9(11)6-7-14(12(10)15)8-4-5-8/h1-3,6-8H,4-5H2. The summed E-state index contributed by atoms with van der Waals surface area (Å²) in [7, 11) is 1.53. The van der Waals surface area contributed by atoms with Crippen molar-refractivity contribution in [3.63, 3.8) is 0 Å². The highest BCUT2D eigenvalue weighted by molar-refractivity contribution is 8.14. The second-order valence-corrected chi connectivity index (χ2v) is 6.95. The van der Waals surface area contributed by atoms with Gasteiger partial charge in [0.15, 0.2) is 0 Å². The van der Waals surface area contributed by atoms with Crippen LogP contribution in [-0.4, -0.2) is 13.0 Å². The van der Waals surface area contributed by atoms with Crippen molar-refractivity contribution in [3.05, 3.63) is 40.8 Å². The molecule has 0 amide bonds. The number of halogens is 1. The summed E-state index contributed by atoms with van der Waals surface area (Å²) in [5.74, 6) is 0. The van der Waals surface area contributed by atoms with Gasteiger partial charge in [0, 0.05) is 33.7 Å². The molecule has 18 heavy (non-hydrogen) atoms. The molecule has 0 atom stereocenters. The predicted molar refractivity (Wildman–Crippen MR) is 69.5 cm³/mol. The average molecular weight is 284 g/mol. The van der Waals surface area contributed by atoms with E-state index < -0.39 is 9.05 Å². The quantitative estimate of drug-likeness (QED) is 0.795. The van der Waals surface area contributed by atoms with Crippen molar-refractivity contribution in [2.45, 2.75) is 23.8 Å². The molecule has 1 aliphatic carbocycles. The van der Waals surface area contributed by atoms with Gasteiger partial charge < -0.3 is 4.57 Å². The van der Waals surface area contributed by atoms with E-state index in [1.165, 1.54) is 12.1 Å². The average Bonchev–Trinajstić information content (AvgIpc) is 3.12. The van der Waals surface area contributed by atoms with Crippen LogP contribution in [0.1, 0.15) is 18.9 Å². The Morgan fingerprint density at radius 1 is 1.17 bits per heavy atom. The molecule has 0 spiro atoms. The molecule has 0 radical (unpaired) electrons. The molecule has 0 unspecified atom stereocenters. The second-order valence-electron chi connectivity index (χ2n) is 4.41. The maximum Gasteiger partial charge on any atom is 0.261 e. The van der Waals surface area contributed by atoms with Crippen molar-refractivity contribution < 1.29 is 8.42 Å². The molecule has 3 rings (SSSR count). The van der Waals surface area contributed by atoms with E-state index in [1.807, 2.05) is 0 Å². The molecule has 0 saturated heterocycles. The zero-order chi connectivity index (χ0) is 12.9. The van der Waals surface area contributed by atoms with Crippen LogP contribution >= 0.6 is 10.7 Å². The van der Waals surface area contributed by atoms with Crippen molar-refractivity contribution in [1.29, 1.82) is 0 Å². The molecule has 0 N–H and O–H groups in total. The molecule has 4 nitrogen and oxygen atoms in total. The summed E-state index contributed by atoms with van der Waals surface area (Å²) in [5, 5.41) is 0.778. The van der Waals surface area contributed by atoms with Crippen LogP contribution in [0.25, 0.3) is 10.8 Å². The van der Waals surface area contributed by atoms with Gasteiger partial charge in [-0.2, -0.15) is 0 Å². The van der Waals surface area contributed by atoms with Crippen LogP contribution in [0, 0.1) is 0 Å². The molecule has 0 bridgehead atoms. The van der Waals surface area contributed by atoms with Crippen molar-refractivity contribution in [3.8, 4) is 0 Å². The number of hydrogen-bond acceptors (Lipinski definition) is 3. The first-order valence-corrected chi connectivity index (χ1v) is 7.88. The van der Waals surface area contributed by atoms with Gasteiger partial charge >= 0.3 is 0 Å². The van der Waals surface area contributed by atoms with Gasteiger partial charge in [0.1, 0.15) is 0 Å². The minimum absolute atomic E-state index is 0.0123. The van der Waals surface area contributed by atoms with E-state index in [2.05, 4.69) is 0 Å². The van der Waals surface area contributed by atoms with Crippen molar-refractivity contribution >= 4 is 30.5 Å². The summed E-state index contributed by atoms with van der Waals surface area (Å²) in [6.45, 7) is 0. The van der Waals surface area contributed by atoms with Crippen LogP contribution in [0.5, 0.6) is 0 Å². The SMILES string of the molecule is O=c1c2cccc(S(=O)(=O)Cl)c2ccn1C1CC1. The Bertz CT molecular complexity index is 791. The molecule has 6 heteroatoms. The molecular weight excluding hydrogens is 274 g/mol. The summed E-state index contributed by atoms with van der Waals surface area (Å²) < 4.78 is 24.6. The van der Waals surface area contributed by atoms with Gasteiger partial charge in [0.25, 0.3) is 14.6 Å². The van der Waals surface area contributed by atoms with Crippen LogP contribution in [0.2, 0.25) is 0 Å². The van der Waals surface area contributed by atoms with E-state index in [1.54, 1.807) is 22.9 Å². The minimum Gasteiger partial charge on any atom is -0.312 e. The third-order valence-corrected chi connectivity index (χ3v) is 4.52. The first-order chi connectivity index (χ1) is 8.48. The molecule has 2 aromatic rings. The lowest BCUT2D eigenvalue weighted by atomic mass is 10.2. The summed E-state index contributed by atoms with van der Waals surface area (Å²) in [6, 6.07) is 6.48. The Kier molecular flexibility index (Phi) is 2.50. The van der Waals surface area contributed by atoms with E-state index in [9.17, 15) is 13.2 Å². The first kappa shape index (κ1) is 11.7. The number of fused-ring (bicyclic) bond motifs is 1. The summed E-state index contributed by atoms with van der Waals surface area (Å²) >= 11 is 0. The Balaban J connectivity index is 2.38. The van der Waals surface area contributed by atoms with Gasteiger partial charge in [-0.25, -0.2) is 8.42 Å². The second kappa shape index (κ2) is 3.83. The zero-order valence-electron chi connectivity index (χ0n) is 9.34. The molecule has 1 heterocycles. The van der Waals surface area contributed by atoms with Gasteiger partial charge in [0.2, 0.25) is 0 Å². The molecule has 0 aliphatic heterocycles. The number of rotatable bonds is 2. The van der Waals surface area contributed by atoms with Gasteiger partial charge in [-0.05, 0) is 31.0 Å². The summed E-state index contributed by atoms with van der Waals surface area (Å²) in [6.07, 6.45) is 3.64. The third kappa shape index (κ3) is 1.83. The Morgan fingerprint density at radius 3 is 2.50 bits per heavy atom. The lowest BCUT2D eigenvalue weighted by Gasteiger charge is -2.07. The van der Waals surface area contributed by atoms with E-state index in [-0.39, 0.29) is 16.5 Å². The monoisotopic (exact) mass is 283 g/mol. The van der Waals surface area contributed by atoms with Crippen LogP contribution < -0.4 is 5.56 Å². The lowest BCUT2D eigenvalue weighted by molar-refractivity contribution is 0.610. The molecule has 94 valence electrons. The largest absolute Gasteiger partial charge is 0.312 e. The van der Waals surface area contributed by atoms with E-state index in [0.717, 1.165) is 12.8 Å². The maximum absolute atomic E-state index is 12.2. The van der Waals surface area contributed by atoms with Gasteiger partial charge in [0.05, 0.1) is 4.90 Å². The highest BCUT2D eigenvalue weighted by Gasteiger charge is 2.25. The normalized spacial score (nSPS) is 16.1. The molecule has 1 aromatic carbocycles. The summed E-state index contributed by atoms with van der Waals surface area (Å²) in [4.78, 5) is 12.2. The Labute approximate surface area is 108 Å². The fourth-order valence-corrected chi connectivity index (χ4v) is 3.20. The van der Waals surface area contributed by atoms with Crippen LogP contribution in [-0.2, 0) is 9.05 Å². The van der Waals surface area contributed by atoms with Crippen molar-refractivity contribution in [2.75, 3.05) is 0 Å². The van der Waals surface area contributed by atoms with Crippen LogP contribution in [0.4, 0.5) is 0 Å². The van der Waals surface area contributed by atoms with Crippen LogP contribution in [0.15, 0.2) is 40.2 Å². The first-order valence-electron chi connectivity index (χ1n) is 5.57. The zero-order valence-corrected chi connectivity index (χ0v) is 10.9. The fourth-order valence-electron chi connectivity index (χ4n) is 2.12. The number of hydrogen-bond donors (Lipinski definition) is 0. The number of nitrogens with zero attached hydrogens (tertiary/aromatic N) is 1. The van der Waals surface area contributed by atoms with E-state index >= 15 is 0 Å². The minimum atomic E-state index is -3.84. The molecule has 1 aliphatic rings. The smallest absolute Gasteiger partial charge is 0.261 e. The summed E-state index contributed by atoms with van der Waals surface area (Å²) in [5.41, 5.74) is -0.155.